The van der Waals surface area contributed by atoms with E-state index in [9.17, 15) is 29.1 Å². The SMILES string of the molecule is C=C1CC[C@H](OC(C)=O)[C@@]2(C)[C@@H](OC(C)=O)[C@@H](OC(C)=O)C[C@]3(CO3)[C@@H]2C(OC(C)=O)[C@]2(O)[C@@H](C)C(=O)O[C@H]2[C@H]1Cl. The van der Waals surface area contributed by atoms with Crippen molar-refractivity contribution in [3.05, 3.63) is 12.2 Å². The van der Waals surface area contributed by atoms with Gasteiger partial charge in [0.05, 0.1) is 23.3 Å². The van der Waals surface area contributed by atoms with Gasteiger partial charge in [0.25, 0.3) is 0 Å². The highest BCUT2D eigenvalue weighted by molar-refractivity contribution is 6.23. The first-order valence-electron chi connectivity index (χ1n) is 13.6. The molecule has 1 spiro atoms. The molecule has 0 aromatic rings. The topological polar surface area (TPSA) is 164 Å². The van der Waals surface area contributed by atoms with Gasteiger partial charge in [0.1, 0.15) is 30.0 Å². The van der Waals surface area contributed by atoms with Crippen LogP contribution in [0.3, 0.4) is 0 Å². The van der Waals surface area contributed by atoms with Crippen molar-refractivity contribution in [2.24, 2.45) is 17.3 Å². The van der Waals surface area contributed by atoms with E-state index in [-0.39, 0.29) is 25.9 Å². The number of ether oxygens (including phenoxy) is 6. The molecule has 12 nitrogen and oxygen atoms in total. The normalized spacial score (nSPS) is 43.6. The molecule has 0 bridgehead atoms. The summed E-state index contributed by atoms with van der Waals surface area (Å²) < 4.78 is 34.9. The van der Waals surface area contributed by atoms with Gasteiger partial charge in [-0.25, -0.2) is 0 Å². The lowest BCUT2D eigenvalue weighted by atomic mass is 9.51. The van der Waals surface area contributed by atoms with Crippen LogP contribution in [0, 0.1) is 17.3 Å². The minimum atomic E-state index is -2.21. The average molecular weight is 601 g/mol. The summed E-state index contributed by atoms with van der Waals surface area (Å²) in [6.45, 7) is 12.0. The van der Waals surface area contributed by atoms with Crippen molar-refractivity contribution >= 4 is 41.4 Å². The highest BCUT2D eigenvalue weighted by atomic mass is 35.5. The van der Waals surface area contributed by atoms with Gasteiger partial charge in [0.2, 0.25) is 0 Å². The van der Waals surface area contributed by atoms with Gasteiger partial charge in [-0.15, -0.1) is 11.6 Å². The lowest BCUT2D eigenvalue weighted by Gasteiger charge is -2.58. The second-order valence-corrected chi connectivity index (χ2v) is 12.2. The summed E-state index contributed by atoms with van der Waals surface area (Å²) in [5.41, 5.74) is -4.56. The van der Waals surface area contributed by atoms with Gasteiger partial charge < -0.3 is 33.5 Å². The summed E-state index contributed by atoms with van der Waals surface area (Å²) >= 11 is 6.78. The van der Waals surface area contributed by atoms with Crippen molar-refractivity contribution in [1.29, 1.82) is 0 Å². The molecule has 0 amide bonds. The van der Waals surface area contributed by atoms with E-state index in [0.717, 1.165) is 6.92 Å². The average Bonchev–Trinajstić information content (AvgIpc) is 3.57. The fourth-order valence-electron chi connectivity index (χ4n) is 7.23. The van der Waals surface area contributed by atoms with Gasteiger partial charge in [-0.05, 0) is 19.8 Å². The zero-order valence-electron chi connectivity index (χ0n) is 24.0. The number of esters is 5. The van der Waals surface area contributed by atoms with E-state index in [1.165, 1.54) is 27.7 Å². The summed E-state index contributed by atoms with van der Waals surface area (Å²) in [7, 11) is 0. The first kappa shape index (κ1) is 31.2. The molecule has 41 heavy (non-hydrogen) atoms. The van der Waals surface area contributed by atoms with E-state index in [2.05, 4.69) is 6.58 Å². The largest absolute Gasteiger partial charge is 0.462 e. The maximum atomic E-state index is 13.0. The molecule has 2 aliphatic heterocycles. The lowest BCUT2D eigenvalue weighted by molar-refractivity contribution is -0.263. The highest BCUT2D eigenvalue weighted by Crippen LogP contribution is 2.63. The Morgan fingerprint density at radius 2 is 1.51 bits per heavy atom. The molecule has 2 heterocycles. The fourth-order valence-corrected chi connectivity index (χ4v) is 7.59. The quantitative estimate of drug-likeness (QED) is 0.164. The highest BCUT2D eigenvalue weighted by Gasteiger charge is 2.77. The van der Waals surface area contributed by atoms with Crippen molar-refractivity contribution < 1.29 is 57.5 Å². The van der Waals surface area contributed by atoms with Gasteiger partial charge in [-0.3, -0.25) is 24.0 Å². The molecule has 4 fully saturated rings. The number of epoxide rings is 1. The second-order valence-electron chi connectivity index (χ2n) is 11.8. The second kappa shape index (κ2) is 10.9. The molecule has 2 saturated carbocycles. The van der Waals surface area contributed by atoms with Crippen LogP contribution in [0.15, 0.2) is 12.2 Å². The molecule has 0 aromatic carbocycles. The molecule has 4 rings (SSSR count). The van der Waals surface area contributed by atoms with E-state index in [1.54, 1.807) is 6.92 Å². The van der Waals surface area contributed by atoms with Gasteiger partial charge >= 0.3 is 29.8 Å². The van der Waals surface area contributed by atoms with Crippen LogP contribution in [0.2, 0.25) is 0 Å². The Balaban J connectivity index is 2.05. The molecular formula is C28H37ClO12. The Morgan fingerprint density at radius 1 is 0.976 bits per heavy atom. The molecule has 228 valence electrons. The number of rotatable bonds is 4. The summed E-state index contributed by atoms with van der Waals surface area (Å²) in [4.78, 5) is 62.9. The first-order chi connectivity index (χ1) is 19.0. The summed E-state index contributed by atoms with van der Waals surface area (Å²) in [5.74, 6) is -5.86. The van der Waals surface area contributed by atoms with E-state index in [0.29, 0.717) is 5.57 Å². The lowest BCUT2D eigenvalue weighted by Crippen LogP contribution is -2.72. The van der Waals surface area contributed by atoms with Crippen molar-refractivity contribution in [3.63, 3.8) is 0 Å². The van der Waals surface area contributed by atoms with Crippen LogP contribution in [-0.4, -0.2) is 88.7 Å². The summed E-state index contributed by atoms with van der Waals surface area (Å²) in [6.07, 6.45) is -6.01. The number of carbonyl (C=O) groups excluding carboxylic acids is 5. The molecule has 13 heteroatoms. The third-order valence-corrected chi connectivity index (χ3v) is 9.58. The minimum absolute atomic E-state index is 0.00369. The molecule has 1 unspecified atom stereocenters. The number of hydrogen-bond acceptors (Lipinski definition) is 12. The Labute approximate surface area is 242 Å². The molecule has 0 aromatic heterocycles. The van der Waals surface area contributed by atoms with Crippen LogP contribution in [0.4, 0.5) is 0 Å². The van der Waals surface area contributed by atoms with Crippen LogP contribution in [0.25, 0.3) is 0 Å². The van der Waals surface area contributed by atoms with Crippen LogP contribution in [0.1, 0.15) is 60.8 Å². The van der Waals surface area contributed by atoms with Gasteiger partial charge in [0.15, 0.2) is 11.7 Å². The maximum Gasteiger partial charge on any atom is 0.312 e. The number of aliphatic hydroxyl groups is 1. The Bertz CT molecular complexity index is 1150. The number of halogens is 1. The molecule has 2 aliphatic carbocycles. The van der Waals surface area contributed by atoms with Crippen molar-refractivity contribution in [1.82, 2.24) is 0 Å². The standard InChI is InChI=1S/C28H37ClO12/c1-12-8-9-19(38-15(4)31)26(7)21(27(11-36-27)10-18(37-14(3)30)22(26)39-16(5)32)24(40-17(6)33)28(35)13(2)25(34)41-23(28)20(12)29/h13,18-24,35H,1,8-11H2,2-7H3/t13-,18-,19-,20-,21+,22-,23-,24?,26+,27-,28-/m0/s1. The van der Waals surface area contributed by atoms with Gasteiger partial charge in [-0.1, -0.05) is 19.1 Å². The van der Waals surface area contributed by atoms with Crippen LogP contribution < -0.4 is 0 Å². The van der Waals surface area contributed by atoms with Gasteiger partial charge in [-0.2, -0.15) is 0 Å². The number of fused-ring (bicyclic) bond motifs is 3. The third-order valence-electron chi connectivity index (χ3n) is 9.04. The smallest absolute Gasteiger partial charge is 0.312 e. The van der Waals surface area contributed by atoms with Crippen molar-refractivity contribution in [2.45, 2.75) is 108 Å². The first-order valence-corrected chi connectivity index (χ1v) is 14.0. The Morgan fingerprint density at radius 3 is 2.02 bits per heavy atom. The van der Waals surface area contributed by atoms with Crippen molar-refractivity contribution in [2.75, 3.05) is 6.61 Å². The Hall–Kier alpha value is -2.70. The van der Waals surface area contributed by atoms with Crippen LogP contribution >= 0.6 is 11.6 Å². The predicted molar refractivity (Wildman–Crippen MR) is 139 cm³/mol. The monoisotopic (exact) mass is 600 g/mol. The van der Waals surface area contributed by atoms with Gasteiger partial charge in [0, 0.05) is 40.0 Å². The fraction of sp³-hybridized carbons (Fsp3) is 0.750. The molecule has 1 N–H and O–H groups in total. The molecule has 4 aliphatic rings. The molecule has 11 atom stereocenters. The number of carbonyl (C=O) groups is 5. The van der Waals surface area contributed by atoms with E-state index in [1.807, 2.05) is 0 Å². The molecule has 2 saturated heterocycles. The van der Waals surface area contributed by atoms with E-state index < -0.39 is 94.2 Å². The predicted octanol–water partition coefficient (Wildman–Crippen LogP) is 1.76. The third kappa shape index (κ3) is 5.23. The Kier molecular flexibility index (Phi) is 8.27. The van der Waals surface area contributed by atoms with Crippen LogP contribution in [-0.2, 0) is 52.4 Å². The molecule has 0 radical (unpaired) electrons. The van der Waals surface area contributed by atoms with E-state index >= 15 is 0 Å². The summed E-state index contributed by atoms with van der Waals surface area (Å²) in [5, 5.41) is 11.4. The zero-order valence-corrected chi connectivity index (χ0v) is 24.7. The number of hydrogen-bond donors (Lipinski definition) is 1. The number of alkyl halides is 1. The molecular weight excluding hydrogens is 564 g/mol. The van der Waals surface area contributed by atoms with Crippen molar-refractivity contribution in [3.8, 4) is 0 Å². The summed E-state index contributed by atoms with van der Waals surface area (Å²) in [6, 6.07) is 0. The van der Waals surface area contributed by atoms with E-state index in [4.69, 9.17) is 40.0 Å². The minimum Gasteiger partial charge on any atom is -0.462 e. The zero-order chi connectivity index (χ0) is 30.7. The maximum absolute atomic E-state index is 13.0. The van der Waals surface area contributed by atoms with Crippen LogP contribution in [0.5, 0.6) is 0 Å².